The van der Waals surface area contributed by atoms with Gasteiger partial charge in [0.1, 0.15) is 5.75 Å². The molecule has 138 valence electrons. The first-order chi connectivity index (χ1) is 10.8. The quantitative estimate of drug-likeness (QED) is 0.381. The van der Waals surface area contributed by atoms with Crippen LogP contribution in [-0.4, -0.2) is 25.2 Å². The van der Waals surface area contributed by atoms with E-state index in [2.05, 4.69) is 15.6 Å². The van der Waals surface area contributed by atoms with Gasteiger partial charge in [-0.05, 0) is 45.4 Å². The summed E-state index contributed by atoms with van der Waals surface area (Å²) in [4.78, 5) is 4.19. The van der Waals surface area contributed by atoms with Crippen molar-refractivity contribution in [2.24, 2.45) is 4.99 Å². The maximum atomic E-state index is 13.3. The van der Waals surface area contributed by atoms with Crippen molar-refractivity contribution in [3.05, 3.63) is 29.3 Å². The fourth-order valence-corrected chi connectivity index (χ4v) is 1.98. The summed E-state index contributed by atoms with van der Waals surface area (Å²) in [5.74, 6) is 0.698. The van der Waals surface area contributed by atoms with E-state index in [-0.39, 0.29) is 47.9 Å². The molecule has 8 heteroatoms. The van der Waals surface area contributed by atoms with Crippen molar-refractivity contribution in [1.82, 2.24) is 10.6 Å². The lowest BCUT2D eigenvalue weighted by Crippen LogP contribution is -2.37. The maximum absolute atomic E-state index is 13.3. The molecule has 0 aliphatic carbocycles. The Morgan fingerprint density at radius 2 is 1.75 bits per heavy atom. The molecular formula is C16H25F3IN3O. The molecule has 0 aliphatic rings. The van der Waals surface area contributed by atoms with Gasteiger partial charge in [0.25, 0.3) is 0 Å². The van der Waals surface area contributed by atoms with E-state index >= 15 is 0 Å². The number of nitrogens with zero attached hydrogens (tertiary/aromatic N) is 1. The van der Waals surface area contributed by atoms with Crippen LogP contribution < -0.4 is 15.4 Å². The topological polar surface area (TPSA) is 45.7 Å². The third kappa shape index (κ3) is 7.59. The molecule has 0 bridgehead atoms. The molecule has 4 nitrogen and oxygen atoms in total. The summed E-state index contributed by atoms with van der Waals surface area (Å²) in [5, 5.41) is 5.96. The van der Waals surface area contributed by atoms with Crippen LogP contribution in [0.5, 0.6) is 5.75 Å². The zero-order valence-corrected chi connectivity index (χ0v) is 16.7. The second-order valence-corrected chi connectivity index (χ2v) is 5.21. The van der Waals surface area contributed by atoms with E-state index in [4.69, 9.17) is 4.74 Å². The highest BCUT2D eigenvalue weighted by atomic mass is 127. The minimum Gasteiger partial charge on any atom is -0.491 e. The van der Waals surface area contributed by atoms with Gasteiger partial charge < -0.3 is 15.4 Å². The molecule has 0 atom stereocenters. The zero-order chi connectivity index (χ0) is 17.5. The third-order valence-corrected chi connectivity index (χ3v) is 2.85. The molecule has 0 fully saturated rings. The number of nitrogens with one attached hydrogen (secondary N) is 2. The molecule has 24 heavy (non-hydrogen) atoms. The molecule has 0 heterocycles. The monoisotopic (exact) mass is 459 g/mol. The van der Waals surface area contributed by atoms with Crippen molar-refractivity contribution in [3.63, 3.8) is 0 Å². The summed E-state index contributed by atoms with van der Waals surface area (Å²) < 4.78 is 45.1. The predicted molar refractivity (Wildman–Crippen MR) is 101 cm³/mol. The highest BCUT2D eigenvalue weighted by Gasteiger charge is 2.33. The number of hydrogen-bond acceptors (Lipinski definition) is 2. The normalized spacial score (nSPS) is 10.8. The van der Waals surface area contributed by atoms with Crippen LogP contribution in [0.3, 0.4) is 0 Å². The van der Waals surface area contributed by atoms with E-state index in [0.29, 0.717) is 19.0 Å². The summed E-state index contributed by atoms with van der Waals surface area (Å²) in [6.45, 7) is 8.54. The van der Waals surface area contributed by atoms with Gasteiger partial charge in [0.15, 0.2) is 5.96 Å². The molecule has 1 aromatic carbocycles. The first-order valence-electron chi connectivity index (χ1n) is 7.66. The standard InChI is InChI=1S/C16H24F3N3O.HI/c1-5-20-15(21-6-2)22-10-12-7-8-13(23-11(3)4)9-14(12)16(17,18)19;/h7-9,11H,5-6,10H2,1-4H3,(H2,20,21,22);1H. The number of guanidine groups is 1. The number of ether oxygens (including phenoxy) is 1. The van der Waals surface area contributed by atoms with Crippen LogP contribution in [0.25, 0.3) is 0 Å². The molecule has 0 aromatic heterocycles. The second-order valence-electron chi connectivity index (χ2n) is 5.21. The Labute approximate surface area is 158 Å². The molecule has 0 saturated heterocycles. The number of benzene rings is 1. The largest absolute Gasteiger partial charge is 0.491 e. The average Bonchev–Trinajstić information content (AvgIpc) is 2.44. The third-order valence-electron chi connectivity index (χ3n) is 2.85. The van der Waals surface area contributed by atoms with E-state index in [1.807, 2.05) is 13.8 Å². The Morgan fingerprint density at radius 1 is 1.17 bits per heavy atom. The van der Waals surface area contributed by atoms with Crippen LogP contribution >= 0.6 is 24.0 Å². The molecule has 0 saturated carbocycles. The predicted octanol–water partition coefficient (Wildman–Crippen LogP) is 4.19. The van der Waals surface area contributed by atoms with Crippen LogP contribution in [0.15, 0.2) is 23.2 Å². The highest BCUT2D eigenvalue weighted by Crippen LogP contribution is 2.35. The summed E-state index contributed by atoms with van der Waals surface area (Å²) >= 11 is 0. The van der Waals surface area contributed by atoms with Crippen LogP contribution in [0, 0.1) is 0 Å². The molecule has 0 spiro atoms. The first kappa shape index (κ1) is 22.8. The molecule has 0 aliphatic heterocycles. The van der Waals surface area contributed by atoms with Gasteiger partial charge in [-0.15, -0.1) is 24.0 Å². The van der Waals surface area contributed by atoms with Gasteiger partial charge in [-0.2, -0.15) is 13.2 Å². The van der Waals surface area contributed by atoms with Crippen molar-refractivity contribution in [2.75, 3.05) is 13.1 Å². The number of alkyl halides is 3. The van der Waals surface area contributed by atoms with E-state index in [1.54, 1.807) is 19.9 Å². The summed E-state index contributed by atoms with van der Waals surface area (Å²) in [6, 6.07) is 3.99. The lowest BCUT2D eigenvalue weighted by atomic mass is 10.1. The SMILES string of the molecule is CCNC(=NCc1ccc(OC(C)C)cc1C(F)(F)F)NCC.I. The highest BCUT2D eigenvalue weighted by molar-refractivity contribution is 14.0. The van der Waals surface area contributed by atoms with Gasteiger partial charge in [0.2, 0.25) is 0 Å². The molecule has 1 rings (SSSR count). The Morgan fingerprint density at radius 3 is 2.21 bits per heavy atom. The van der Waals surface area contributed by atoms with Crippen molar-refractivity contribution >= 4 is 29.9 Å². The van der Waals surface area contributed by atoms with Crippen LogP contribution in [0.2, 0.25) is 0 Å². The molecule has 1 aromatic rings. The molecular weight excluding hydrogens is 434 g/mol. The van der Waals surface area contributed by atoms with Crippen LogP contribution in [0.4, 0.5) is 13.2 Å². The summed E-state index contributed by atoms with van der Waals surface area (Å²) in [6.07, 6.45) is -4.63. The lowest BCUT2D eigenvalue weighted by Gasteiger charge is -2.16. The molecule has 2 N–H and O–H groups in total. The van der Waals surface area contributed by atoms with Crippen molar-refractivity contribution in [2.45, 2.75) is 46.5 Å². The Kier molecular flexibility index (Phi) is 10.1. The second kappa shape index (κ2) is 10.6. The van der Waals surface area contributed by atoms with Crippen LogP contribution in [-0.2, 0) is 12.7 Å². The van der Waals surface area contributed by atoms with Crippen molar-refractivity contribution < 1.29 is 17.9 Å². The van der Waals surface area contributed by atoms with Crippen molar-refractivity contribution in [3.8, 4) is 5.75 Å². The van der Waals surface area contributed by atoms with Gasteiger partial charge in [-0.25, -0.2) is 4.99 Å². The summed E-state index contributed by atoms with van der Waals surface area (Å²) in [7, 11) is 0. The van der Waals surface area contributed by atoms with E-state index in [9.17, 15) is 13.2 Å². The van der Waals surface area contributed by atoms with E-state index in [1.165, 1.54) is 6.07 Å². The molecule has 0 amide bonds. The fourth-order valence-electron chi connectivity index (χ4n) is 1.98. The smallest absolute Gasteiger partial charge is 0.416 e. The minimum atomic E-state index is -4.45. The zero-order valence-electron chi connectivity index (χ0n) is 14.3. The lowest BCUT2D eigenvalue weighted by molar-refractivity contribution is -0.138. The fraction of sp³-hybridized carbons (Fsp3) is 0.562. The average molecular weight is 459 g/mol. The van der Waals surface area contributed by atoms with Gasteiger partial charge in [0, 0.05) is 13.1 Å². The number of rotatable bonds is 6. The maximum Gasteiger partial charge on any atom is 0.416 e. The van der Waals surface area contributed by atoms with Crippen molar-refractivity contribution in [1.29, 1.82) is 0 Å². The Bertz CT molecular complexity index is 526. The van der Waals surface area contributed by atoms with Gasteiger partial charge in [-0.1, -0.05) is 6.07 Å². The Hall–Kier alpha value is -1.19. The molecule has 0 radical (unpaired) electrons. The van der Waals surface area contributed by atoms with E-state index in [0.717, 1.165) is 6.07 Å². The van der Waals surface area contributed by atoms with Gasteiger partial charge >= 0.3 is 6.18 Å². The minimum absolute atomic E-state index is 0. The number of aliphatic imine (C=N–C) groups is 1. The molecule has 0 unspecified atom stereocenters. The first-order valence-corrected chi connectivity index (χ1v) is 7.66. The number of hydrogen-bond donors (Lipinski definition) is 2. The van der Waals surface area contributed by atoms with Crippen LogP contribution in [0.1, 0.15) is 38.8 Å². The van der Waals surface area contributed by atoms with Gasteiger partial charge in [-0.3, -0.25) is 0 Å². The summed E-state index contributed by atoms with van der Waals surface area (Å²) in [5.41, 5.74) is -0.603. The number of halogens is 4. The Balaban J connectivity index is 0.00000529. The van der Waals surface area contributed by atoms with Gasteiger partial charge in [0.05, 0.1) is 18.2 Å². The van der Waals surface area contributed by atoms with E-state index < -0.39 is 11.7 Å².